The van der Waals surface area contributed by atoms with E-state index in [0.717, 1.165) is 10.9 Å². The zero-order chi connectivity index (χ0) is 24.2. The van der Waals surface area contributed by atoms with E-state index in [1.807, 2.05) is 17.0 Å². The van der Waals surface area contributed by atoms with Crippen LogP contribution < -0.4 is 15.0 Å². The minimum Gasteiger partial charge on any atom is -0.486 e. The Morgan fingerprint density at radius 3 is 2.63 bits per heavy atom. The van der Waals surface area contributed by atoms with Crippen LogP contribution in [-0.2, 0) is 30.9 Å². The molecule has 0 aliphatic carbocycles. The first-order valence-electron chi connectivity index (χ1n) is 11.3. The van der Waals surface area contributed by atoms with Crippen LogP contribution in [-0.4, -0.2) is 57.0 Å². The van der Waals surface area contributed by atoms with E-state index in [9.17, 15) is 9.18 Å². The Kier molecular flexibility index (Phi) is 6.68. The van der Waals surface area contributed by atoms with Gasteiger partial charge in [-0.1, -0.05) is 12.1 Å². The number of halogens is 1. The van der Waals surface area contributed by atoms with Crippen LogP contribution in [0.1, 0.15) is 17.0 Å². The summed E-state index contributed by atoms with van der Waals surface area (Å²) in [6, 6.07) is 11.8. The summed E-state index contributed by atoms with van der Waals surface area (Å²) < 4.78 is 31.6. The number of ether oxygens (including phenoxy) is 3. The van der Waals surface area contributed by atoms with Crippen molar-refractivity contribution in [2.24, 2.45) is 0 Å². The van der Waals surface area contributed by atoms with Gasteiger partial charge in [-0.15, -0.1) is 5.10 Å². The number of fused-ring (bicyclic) bond motifs is 2. The van der Waals surface area contributed by atoms with Gasteiger partial charge in [0.1, 0.15) is 19.0 Å². The smallest absolute Gasteiger partial charge is 0.252 e. The van der Waals surface area contributed by atoms with Gasteiger partial charge in [0.2, 0.25) is 0 Å². The Balaban J connectivity index is 1.45. The standard InChI is InChI=1S/C24H25FN6O4/c1-33-7-6-31-23(27-28-29-31)15-30(13-16-2-4-19(25)5-3-16)14-18-10-17-11-21-22(35-9-8-34-21)12-20(17)26-24(18)32/h2-5,10-12H,6-9,13-15H2,1H3,(H,26,32). The van der Waals surface area contributed by atoms with Gasteiger partial charge in [0.25, 0.3) is 5.56 Å². The van der Waals surface area contributed by atoms with Crippen LogP contribution in [0, 0.1) is 5.82 Å². The molecule has 2 aromatic heterocycles. The minimum atomic E-state index is -0.302. The molecule has 182 valence electrons. The van der Waals surface area contributed by atoms with Crippen molar-refractivity contribution in [1.82, 2.24) is 30.1 Å². The predicted molar refractivity (Wildman–Crippen MR) is 125 cm³/mol. The second-order valence-electron chi connectivity index (χ2n) is 8.29. The van der Waals surface area contributed by atoms with E-state index in [2.05, 4.69) is 20.5 Å². The van der Waals surface area contributed by atoms with E-state index in [4.69, 9.17) is 14.2 Å². The van der Waals surface area contributed by atoms with Crippen LogP contribution in [0.4, 0.5) is 4.39 Å². The third kappa shape index (κ3) is 5.31. The molecule has 2 aromatic carbocycles. The van der Waals surface area contributed by atoms with Gasteiger partial charge in [0.05, 0.1) is 25.2 Å². The molecule has 0 atom stereocenters. The molecule has 10 nitrogen and oxygen atoms in total. The molecule has 1 N–H and O–H groups in total. The fourth-order valence-electron chi connectivity index (χ4n) is 4.05. The first-order chi connectivity index (χ1) is 17.1. The third-order valence-corrected chi connectivity index (χ3v) is 5.78. The topological polar surface area (TPSA) is 107 Å². The zero-order valence-electron chi connectivity index (χ0n) is 19.2. The third-order valence-electron chi connectivity index (χ3n) is 5.78. The highest BCUT2D eigenvalue weighted by atomic mass is 19.1. The lowest BCUT2D eigenvalue weighted by molar-refractivity contribution is 0.172. The Labute approximate surface area is 200 Å². The molecule has 35 heavy (non-hydrogen) atoms. The molecule has 0 saturated carbocycles. The lowest BCUT2D eigenvalue weighted by Gasteiger charge is -2.22. The molecule has 0 spiro atoms. The molecule has 0 radical (unpaired) electrons. The lowest BCUT2D eigenvalue weighted by atomic mass is 10.1. The maximum Gasteiger partial charge on any atom is 0.252 e. The van der Waals surface area contributed by atoms with E-state index >= 15 is 0 Å². The van der Waals surface area contributed by atoms with Crippen molar-refractivity contribution in [2.45, 2.75) is 26.2 Å². The monoisotopic (exact) mass is 480 g/mol. The molecular formula is C24H25FN6O4. The number of pyridine rings is 1. The van der Waals surface area contributed by atoms with Crippen molar-refractivity contribution in [1.29, 1.82) is 0 Å². The highest BCUT2D eigenvalue weighted by Gasteiger charge is 2.18. The summed E-state index contributed by atoms with van der Waals surface area (Å²) in [5.41, 5.74) is 1.96. The number of rotatable bonds is 9. The van der Waals surface area contributed by atoms with E-state index in [1.165, 1.54) is 12.1 Å². The Bertz CT molecular complexity index is 1370. The molecule has 0 fully saturated rings. The second-order valence-corrected chi connectivity index (χ2v) is 8.29. The van der Waals surface area contributed by atoms with Gasteiger partial charge in [0, 0.05) is 37.2 Å². The van der Waals surface area contributed by atoms with Crippen molar-refractivity contribution in [3.05, 3.63) is 75.6 Å². The number of hydrogen-bond donors (Lipinski definition) is 1. The van der Waals surface area contributed by atoms with Crippen molar-refractivity contribution in [3.8, 4) is 11.5 Å². The van der Waals surface area contributed by atoms with Crippen LogP contribution >= 0.6 is 0 Å². The summed E-state index contributed by atoms with van der Waals surface area (Å²) in [5, 5.41) is 12.8. The van der Waals surface area contributed by atoms with Crippen molar-refractivity contribution in [2.75, 3.05) is 26.9 Å². The van der Waals surface area contributed by atoms with Gasteiger partial charge < -0.3 is 19.2 Å². The van der Waals surface area contributed by atoms with Crippen LogP contribution in [0.2, 0.25) is 0 Å². The van der Waals surface area contributed by atoms with Crippen LogP contribution in [0.25, 0.3) is 10.9 Å². The molecule has 0 bridgehead atoms. The Morgan fingerprint density at radius 1 is 1.09 bits per heavy atom. The summed E-state index contributed by atoms with van der Waals surface area (Å²) in [4.78, 5) is 18.0. The van der Waals surface area contributed by atoms with E-state index in [1.54, 1.807) is 30.0 Å². The SMILES string of the molecule is COCCn1nnnc1CN(Cc1ccc(F)cc1)Cc1cc2cc3c(cc2[nH]c1=O)OCCO3. The van der Waals surface area contributed by atoms with Gasteiger partial charge in [0.15, 0.2) is 17.3 Å². The summed E-state index contributed by atoms with van der Waals surface area (Å²) in [7, 11) is 1.62. The normalized spacial score (nSPS) is 13.0. The van der Waals surface area contributed by atoms with Gasteiger partial charge >= 0.3 is 0 Å². The maximum atomic E-state index is 13.4. The van der Waals surface area contributed by atoms with Gasteiger partial charge in [-0.2, -0.15) is 0 Å². The molecule has 3 heterocycles. The number of benzene rings is 2. The van der Waals surface area contributed by atoms with E-state index in [-0.39, 0.29) is 11.4 Å². The molecule has 0 unspecified atom stereocenters. The number of aromatic nitrogens is 5. The molecule has 11 heteroatoms. The van der Waals surface area contributed by atoms with Crippen molar-refractivity contribution >= 4 is 10.9 Å². The zero-order valence-corrected chi connectivity index (χ0v) is 19.2. The number of nitrogens with one attached hydrogen (secondary N) is 1. The molecule has 4 aromatic rings. The molecule has 0 saturated heterocycles. The molecule has 1 aliphatic heterocycles. The summed E-state index contributed by atoms with van der Waals surface area (Å²) in [6.07, 6.45) is 0. The second kappa shape index (κ2) is 10.2. The van der Waals surface area contributed by atoms with Crippen LogP contribution in [0.3, 0.4) is 0 Å². The first kappa shape index (κ1) is 22.9. The van der Waals surface area contributed by atoms with Crippen LogP contribution in [0.5, 0.6) is 11.5 Å². The molecule has 0 amide bonds. The average Bonchev–Trinajstić information content (AvgIpc) is 3.30. The van der Waals surface area contributed by atoms with Crippen molar-refractivity contribution in [3.63, 3.8) is 0 Å². The number of methoxy groups -OCH3 is 1. The Hall–Kier alpha value is -3.83. The first-order valence-corrected chi connectivity index (χ1v) is 11.3. The van der Waals surface area contributed by atoms with E-state index < -0.39 is 0 Å². The number of aromatic amines is 1. The Morgan fingerprint density at radius 2 is 1.86 bits per heavy atom. The quantitative estimate of drug-likeness (QED) is 0.389. The summed E-state index contributed by atoms with van der Waals surface area (Å²) in [6.45, 7) is 3.11. The van der Waals surface area contributed by atoms with E-state index in [0.29, 0.717) is 74.4 Å². The summed E-state index contributed by atoms with van der Waals surface area (Å²) in [5.74, 6) is 1.61. The predicted octanol–water partition coefficient (Wildman–Crippen LogP) is 2.27. The van der Waals surface area contributed by atoms with Gasteiger partial charge in [-0.05, 0) is 40.3 Å². The summed E-state index contributed by atoms with van der Waals surface area (Å²) >= 11 is 0. The number of hydrogen-bond acceptors (Lipinski definition) is 8. The molecule has 1 aliphatic rings. The minimum absolute atomic E-state index is 0.197. The molecule has 5 rings (SSSR count). The molecular weight excluding hydrogens is 455 g/mol. The number of tetrazole rings is 1. The fourth-order valence-corrected chi connectivity index (χ4v) is 4.05. The number of H-pyrrole nitrogens is 1. The highest BCUT2D eigenvalue weighted by Crippen LogP contribution is 2.33. The highest BCUT2D eigenvalue weighted by molar-refractivity contribution is 5.83. The van der Waals surface area contributed by atoms with Gasteiger partial charge in [-0.3, -0.25) is 9.69 Å². The average molecular weight is 481 g/mol. The van der Waals surface area contributed by atoms with Crippen molar-refractivity contribution < 1.29 is 18.6 Å². The van der Waals surface area contributed by atoms with Crippen LogP contribution in [0.15, 0.2) is 47.3 Å². The van der Waals surface area contributed by atoms with Gasteiger partial charge in [-0.25, -0.2) is 9.07 Å². The maximum absolute atomic E-state index is 13.4. The largest absolute Gasteiger partial charge is 0.486 e. The lowest BCUT2D eigenvalue weighted by Crippen LogP contribution is -2.28. The fraction of sp³-hybridized carbons (Fsp3) is 0.333. The number of nitrogens with zero attached hydrogens (tertiary/aromatic N) is 5.